The minimum atomic E-state index is -1.85. The highest BCUT2D eigenvalue weighted by molar-refractivity contribution is 6.11. The molecule has 1 saturated carbocycles. The standard InChI is InChI=1S/C32H34N2O6/c1-17-10-12-23(19(3)14-17)33-29(36)27-25(35)16-32(5,40)28(26(27)21-8-6-7-9-22(21)31(38)39)30(37)34-24-13-11-18(2)15-20(24)4/h6-15,26-28,40H,16H2,1-5H3,(H,33,36)(H,34,37)(H,38,39). The van der Waals surface area contributed by atoms with Gasteiger partial charge in [-0.05, 0) is 69.5 Å². The number of anilines is 2. The molecule has 0 heterocycles. The smallest absolute Gasteiger partial charge is 0.335 e. The average Bonchev–Trinajstić information content (AvgIpc) is 2.86. The Morgan fingerprint density at radius 1 is 0.825 bits per heavy atom. The van der Waals surface area contributed by atoms with E-state index in [1.807, 2.05) is 52.0 Å². The second kappa shape index (κ2) is 11.1. The lowest BCUT2D eigenvalue weighted by atomic mass is 9.60. The molecule has 3 aromatic carbocycles. The number of aliphatic hydroxyl groups is 1. The van der Waals surface area contributed by atoms with Gasteiger partial charge in [0.2, 0.25) is 11.8 Å². The summed E-state index contributed by atoms with van der Waals surface area (Å²) in [7, 11) is 0. The average molecular weight is 543 g/mol. The number of aryl methyl sites for hydroxylation is 4. The largest absolute Gasteiger partial charge is 0.478 e. The first-order valence-electron chi connectivity index (χ1n) is 13.1. The molecule has 1 aliphatic carbocycles. The summed E-state index contributed by atoms with van der Waals surface area (Å²) in [6.45, 7) is 8.89. The first-order valence-corrected chi connectivity index (χ1v) is 13.1. The van der Waals surface area contributed by atoms with Crippen molar-refractivity contribution in [3.05, 3.63) is 94.0 Å². The van der Waals surface area contributed by atoms with Gasteiger partial charge in [0.15, 0.2) is 0 Å². The van der Waals surface area contributed by atoms with E-state index in [-0.39, 0.29) is 11.1 Å². The highest BCUT2D eigenvalue weighted by Crippen LogP contribution is 2.47. The highest BCUT2D eigenvalue weighted by atomic mass is 16.4. The number of hydrogen-bond acceptors (Lipinski definition) is 5. The van der Waals surface area contributed by atoms with Crippen molar-refractivity contribution < 1.29 is 29.4 Å². The van der Waals surface area contributed by atoms with E-state index in [0.717, 1.165) is 22.3 Å². The molecule has 208 valence electrons. The summed E-state index contributed by atoms with van der Waals surface area (Å²) in [6, 6.07) is 16.9. The molecule has 2 amide bonds. The van der Waals surface area contributed by atoms with Crippen molar-refractivity contribution in [2.24, 2.45) is 11.8 Å². The molecule has 3 aromatic rings. The number of carbonyl (C=O) groups is 4. The van der Waals surface area contributed by atoms with E-state index in [2.05, 4.69) is 10.6 Å². The van der Waals surface area contributed by atoms with Crippen LogP contribution in [0.3, 0.4) is 0 Å². The van der Waals surface area contributed by atoms with Crippen molar-refractivity contribution in [1.29, 1.82) is 0 Å². The Kier molecular flexibility index (Phi) is 7.93. The normalized spacial score (nSPS) is 22.4. The molecule has 40 heavy (non-hydrogen) atoms. The van der Waals surface area contributed by atoms with E-state index in [1.54, 1.807) is 18.2 Å². The minimum Gasteiger partial charge on any atom is -0.478 e. The molecule has 8 heteroatoms. The fraction of sp³-hybridized carbons (Fsp3) is 0.312. The predicted molar refractivity (Wildman–Crippen MR) is 152 cm³/mol. The predicted octanol–water partition coefficient (Wildman–Crippen LogP) is 4.94. The molecule has 0 aromatic heterocycles. The van der Waals surface area contributed by atoms with Crippen LogP contribution in [0.4, 0.5) is 11.4 Å². The van der Waals surface area contributed by atoms with Crippen LogP contribution in [-0.2, 0) is 14.4 Å². The Bertz CT molecular complexity index is 1510. The van der Waals surface area contributed by atoms with Gasteiger partial charge in [0.1, 0.15) is 11.7 Å². The summed E-state index contributed by atoms with van der Waals surface area (Å²) in [5.41, 5.74) is 2.73. The molecule has 8 nitrogen and oxygen atoms in total. The van der Waals surface area contributed by atoms with E-state index in [9.17, 15) is 29.4 Å². The van der Waals surface area contributed by atoms with E-state index < -0.39 is 53.3 Å². The van der Waals surface area contributed by atoms with E-state index >= 15 is 0 Å². The second-order valence-corrected chi connectivity index (χ2v) is 11.0. The maximum Gasteiger partial charge on any atom is 0.335 e. The molecule has 0 saturated heterocycles. The van der Waals surface area contributed by atoms with E-state index in [4.69, 9.17) is 0 Å². The Morgan fingerprint density at radius 2 is 1.35 bits per heavy atom. The van der Waals surface area contributed by atoms with Crippen LogP contribution in [0, 0.1) is 39.5 Å². The Hall–Kier alpha value is -4.30. The van der Waals surface area contributed by atoms with Gasteiger partial charge in [-0.2, -0.15) is 0 Å². The van der Waals surface area contributed by atoms with Gasteiger partial charge in [-0.1, -0.05) is 53.6 Å². The molecule has 0 bridgehead atoms. The van der Waals surface area contributed by atoms with Crippen LogP contribution in [0.1, 0.15) is 57.4 Å². The van der Waals surface area contributed by atoms with Gasteiger partial charge >= 0.3 is 5.97 Å². The fourth-order valence-corrected chi connectivity index (χ4v) is 5.78. The van der Waals surface area contributed by atoms with Crippen LogP contribution >= 0.6 is 0 Å². The lowest BCUT2D eigenvalue weighted by Crippen LogP contribution is -2.56. The molecular weight excluding hydrogens is 508 g/mol. The van der Waals surface area contributed by atoms with Crippen molar-refractivity contribution in [2.75, 3.05) is 10.6 Å². The molecule has 0 spiro atoms. The van der Waals surface area contributed by atoms with Gasteiger partial charge in [0.25, 0.3) is 0 Å². The number of carboxylic acids is 1. The summed E-state index contributed by atoms with van der Waals surface area (Å²) in [5.74, 6) is -7.11. The number of hydrogen-bond donors (Lipinski definition) is 4. The van der Waals surface area contributed by atoms with Crippen LogP contribution < -0.4 is 10.6 Å². The van der Waals surface area contributed by atoms with Gasteiger partial charge in [-0.15, -0.1) is 0 Å². The number of ketones is 1. The van der Waals surface area contributed by atoms with Crippen molar-refractivity contribution in [1.82, 2.24) is 0 Å². The van der Waals surface area contributed by atoms with Crippen LogP contribution in [0.25, 0.3) is 0 Å². The summed E-state index contributed by atoms with van der Waals surface area (Å²) in [5, 5.41) is 27.2. The third-order valence-corrected chi connectivity index (χ3v) is 7.66. The number of aromatic carboxylic acids is 1. The van der Waals surface area contributed by atoms with Gasteiger partial charge in [0.05, 0.1) is 17.1 Å². The van der Waals surface area contributed by atoms with Crippen molar-refractivity contribution >= 4 is 34.9 Å². The van der Waals surface area contributed by atoms with E-state index in [0.29, 0.717) is 11.4 Å². The molecule has 4 atom stereocenters. The Balaban J connectivity index is 1.85. The number of carboxylic acid groups (broad SMARTS) is 1. The number of rotatable bonds is 6. The monoisotopic (exact) mass is 542 g/mol. The SMILES string of the molecule is Cc1ccc(NC(=O)C2C(=O)CC(C)(O)C(C(=O)Nc3ccc(C)cc3C)C2c2ccccc2C(=O)O)c(C)c1. The summed E-state index contributed by atoms with van der Waals surface area (Å²) in [4.78, 5) is 53.6. The first kappa shape index (κ1) is 28.7. The topological polar surface area (TPSA) is 133 Å². The van der Waals surface area contributed by atoms with E-state index in [1.165, 1.54) is 25.1 Å². The van der Waals surface area contributed by atoms with Crippen molar-refractivity contribution in [2.45, 2.75) is 52.6 Å². The summed E-state index contributed by atoms with van der Waals surface area (Å²) >= 11 is 0. The molecule has 4 N–H and O–H groups in total. The zero-order chi connectivity index (χ0) is 29.4. The lowest BCUT2D eigenvalue weighted by Gasteiger charge is -2.45. The molecule has 1 fully saturated rings. The molecule has 1 aliphatic rings. The zero-order valence-electron chi connectivity index (χ0n) is 23.2. The maximum atomic E-state index is 13.9. The summed E-state index contributed by atoms with van der Waals surface area (Å²) < 4.78 is 0. The molecule has 4 rings (SSSR count). The number of Topliss-reactive ketones (excluding diaryl/α,β-unsaturated/α-hetero) is 1. The van der Waals surface area contributed by atoms with Crippen molar-refractivity contribution in [3.63, 3.8) is 0 Å². The van der Waals surface area contributed by atoms with Crippen LogP contribution in [0.5, 0.6) is 0 Å². The minimum absolute atomic E-state index is 0.130. The number of carbonyl (C=O) groups excluding carboxylic acids is 3. The molecule has 0 aliphatic heterocycles. The Labute approximate surface area is 233 Å². The van der Waals surface area contributed by atoms with Crippen LogP contribution in [0.15, 0.2) is 60.7 Å². The first-order chi connectivity index (χ1) is 18.8. The number of benzene rings is 3. The second-order valence-electron chi connectivity index (χ2n) is 11.0. The third kappa shape index (κ3) is 5.67. The molecular formula is C32H34N2O6. The number of amides is 2. The lowest BCUT2D eigenvalue weighted by molar-refractivity contribution is -0.150. The van der Waals surface area contributed by atoms with Crippen molar-refractivity contribution in [3.8, 4) is 0 Å². The molecule has 0 radical (unpaired) electrons. The Morgan fingerprint density at radius 3 is 1.88 bits per heavy atom. The quantitative estimate of drug-likeness (QED) is 0.326. The zero-order valence-corrected chi connectivity index (χ0v) is 23.2. The number of nitrogens with one attached hydrogen (secondary N) is 2. The molecule has 4 unspecified atom stereocenters. The van der Waals surface area contributed by atoms with Gasteiger partial charge in [0, 0.05) is 23.7 Å². The highest BCUT2D eigenvalue weighted by Gasteiger charge is 2.56. The third-order valence-electron chi connectivity index (χ3n) is 7.66. The van der Waals surface area contributed by atoms with Gasteiger partial charge < -0.3 is 20.8 Å². The van der Waals surface area contributed by atoms with Crippen LogP contribution in [-0.4, -0.2) is 39.4 Å². The maximum absolute atomic E-state index is 13.9. The van der Waals surface area contributed by atoms with Gasteiger partial charge in [-0.3, -0.25) is 14.4 Å². The van der Waals surface area contributed by atoms with Crippen LogP contribution in [0.2, 0.25) is 0 Å². The van der Waals surface area contributed by atoms with Gasteiger partial charge in [-0.25, -0.2) is 4.79 Å². The summed E-state index contributed by atoms with van der Waals surface area (Å²) in [6.07, 6.45) is -0.450. The fourth-order valence-electron chi connectivity index (χ4n) is 5.78.